The van der Waals surface area contributed by atoms with Gasteiger partial charge in [-0.05, 0) is 47.2 Å². The number of fused-ring (bicyclic) bond motifs is 5. The summed E-state index contributed by atoms with van der Waals surface area (Å²) in [6.07, 6.45) is 0. The molecule has 0 saturated carbocycles. The van der Waals surface area contributed by atoms with Gasteiger partial charge in [-0.25, -0.2) is 0 Å². The molecule has 5 rings (SSSR count). The summed E-state index contributed by atoms with van der Waals surface area (Å²) in [5.41, 5.74) is 3.56. The molecule has 0 N–H and O–H groups in total. The van der Waals surface area contributed by atoms with Gasteiger partial charge in [0.1, 0.15) is 0 Å². The summed E-state index contributed by atoms with van der Waals surface area (Å²) >= 11 is 6.08. The van der Waals surface area contributed by atoms with Crippen LogP contribution in [0.5, 0.6) is 0 Å². The molecule has 5 aromatic rings. The second-order valence-electron chi connectivity index (χ2n) is 6.01. The Kier molecular flexibility index (Phi) is 2.91. The van der Waals surface area contributed by atoms with E-state index in [1.807, 2.05) is 12.1 Å². The molecule has 1 aromatic heterocycles. The topological polar surface area (TPSA) is 4.93 Å². The average Bonchev–Trinajstić information content (AvgIpc) is 2.97. The Morgan fingerprint density at radius 1 is 0.583 bits per heavy atom. The highest BCUT2D eigenvalue weighted by Gasteiger charge is 2.13. The van der Waals surface area contributed by atoms with Crippen molar-refractivity contribution < 1.29 is 0 Å². The number of hydrogen-bond acceptors (Lipinski definition) is 0. The van der Waals surface area contributed by atoms with E-state index in [0.717, 1.165) is 10.7 Å². The summed E-state index contributed by atoms with van der Waals surface area (Å²) in [5, 5.41) is 5.89. The third kappa shape index (κ3) is 1.88. The van der Waals surface area contributed by atoms with Gasteiger partial charge in [-0.3, -0.25) is 0 Å². The van der Waals surface area contributed by atoms with E-state index in [1.165, 1.54) is 32.6 Å². The number of halogens is 1. The van der Waals surface area contributed by atoms with Gasteiger partial charge in [0.25, 0.3) is 0 Å². The predicted molar refractivity (Wildman–Crippen MR) is 103 cm³/mol. The molecule has 0 fully saturated rings. The third-order valence-corrected chi connectivity index (χ3v) is 4.90. The van der Waals surface area contributed by atoms with Gasteiger partial charge in [0, 0.05) is 21.5 Å². The number of rotatable bonds is 1. The highest BCUT2D eigenvalue weighted by atomic mass is 35.5. The van der Waals surface area contributed by atoms with Crippen LogP contribution in [-0.2, 0) is 0 Å². The molecule has 0 aliphatic rings. The van der Waals surface area contributed by atoms with Gasteiger partial charge in [0.05, 0.1) is 11.0 Å². The van der Waals surface area contributed by atoms with Gasteiger partial charge < -0.3 is 4.57 Å². The molecule has 0 atom stereocenters. The lowest BCUT2D eigenvalue weighted by Crippen LogP contribution is -1.93. The first-order valence-corrected chi connectivity index (χ1v) is 8.37. The van der Waals surface area contributed by atoms with E-state index in [1.54, 1.807) is 0 Å². The van der Waals surface area contributed by atoms with Crippen molar-refractivity contribution in [2.45, 2.75) is 0 Å². The number of nitrogens with zero attached hydrogens (tertiary/aromatic N) is 1. The lowest BCUT2D eigenvalue weighted by Gasteiger charge is -2.08. The molecular formula is C22H14ClN. The lowest BCUT2D eigenvalue weighted by atomic mass is 10.0. The molecule has 0 unspecified atom stereocenters. The fourth-order valence-electron chi connectivity index (χ4n) is 3.61. The van der Waals surface area contributed by atoms with E-state index in [0.29, 0.717) is 0 Å². The zero-order valence-electron chi connectivity index (χ0n) is 12.9. The van der Waals surface area contributed by atoms with Gasteiger partial charge in [-0.15, -0.1) is 0 Å². The van der Waals surface area contributed by atoms with E-state index in [9.17, 15) is 0 Å². The van der Waals surface area contributed by atoms with Crippen LogP contribution in [0.15, 0.2) is 84.9 Å². The van der Waals surface area contributed by atoms with E-state index >= 15 is 0 Å². The molecular weight excluding hydrogens is 314 g/mol. The zero-order valence-corrected chi connectivity index (χ0v) is 13.7. The summed E-state index contributed by atoms with van der Waals surface area (Å²) in [6.45, 7) is 0. The monoisotopic (exact) mass is 327 g/mol. The first-order valence-electron chi connectivity index (χ1n) is 8.00. The van der Waals surface area contributed by atoms with Crippen molar-refractivity contribution >= 4 is 44.2 Å². The first kappa shape index (κ1) is 13.6. The fourth-order valence-corrected chi connectivity index (χ4v) is 3.73. The molecule has 1 nitrogen and oxygen atoms in total. The Morgan fingerprint density at radius 3 is 2.12 bits per heavy atom. The summed E-state index contributed by atoms with van der Waals surface area (Å²) in [7, 11) is 0. The van der Waals surface area contributed by atoms with Crippen LogP contribution in [0.3, 0.4) is 0 Å². The molecule has 0 aliphatic heterocycles. The minimum atomic E-state index is 0.755. The normalized spacial score (nSPS) is 11.5. The Morgan fingerprint density at radius 2 is 1.29 bits per heavy atom. The molecule has 0 aliphatic carbocycles. The van der Waals surface area contributed by atoms with Gasteiger partial charge in [0.15, 0.2) is 0 Å². The number of hydrogen-bond donors (Lipinski definition) is 0. The van der Waals surface area contributed by atoms with Gasteiger partial charge >= 0.3 is 0 Å². The minimum Gasteiger partial charge on any atom is -0.309 e. The molecule has 0 saturated heterocycles. The van der Waals surface area contributed by atoms with Crippen LogP contribution in [0.2, 0.25) is 5.02 Å². The fraction of sp³-hybridized carbons (Fsp3) is 0. The summed E-state index contributed by atoms with van der Waals surface area (Å²) < 4.78 is 2.31. The quantitative estimate of drug-likeness (QED) is 0.327. The largest absolute Gasteiger partial charge is 0.309 e. The minimum absolute atomic E-state index is 0.755. The number of benzene rings is 4. The van der Waals surface area contributed by atoms with E-state index in [4.69, 9.17) is 11.6 Å². The van der Waals surface area contributed by atoms with Crippen molar-refractivity contribution in [3.05, 3.63) is 90.0 Å². The summed E-state index contributed by atoms with van der Waals surface area (Å²) in [4.78, 5) is 0. The van der Waals surface area contributed by atoms with E-state index < -0.39 is 0 Å². The van der Waals surface area contributed by atoms with Crippen LogP contribution in [0.4, 0.5) is 0 Å². The smallest absolute Gasteiger partial charge is 0.0547 e. The van der Waals surface area contributed by atoms with Crippen molar-refractivity contribution in [1.82, 2.24) is 4.57 Å². The summed E-state index contributed by atoms with van der Waals surface area (Å²) in [6, 6.07) is 29.6. The number of para-hydroxylation sites is 1. The van der Waals surface area contributed by atoms with E-state index in [2.05, 4.69) is 77.4 Å². The van der Waals surface area contributed by atoms with Crippen molar-refractivity contribution in [3.8, 4) is 5.69 Å². The van der Waals surface area contributed by atoms with Crippen molar-refractivity contribution in [1.29, 1.82) is 0 Å². The maximum atomic E-state index is 6.08. The second kappa shape index (κ2) is 5.12. The highest BCUT2D eigenvalue weighted by Crippen LogP contribution is 2.36. The average molecular weight is 328 g/mol. The van der Waals surface area contributed by atoms with Crippen molar-refractivity contribution in [2.24, 2.45) is 0 Å². The van der Waals surface area contributed by atoms with Crippen LogP contribution < -0.4 is 0 Å². The van der Waals surface area contributed by atoms with Crippen LogP contribution in [0.1, 0.15) is 0 Å². The van der Waals surface area contributed by atoms with Crippen molar-refractivity contribution in [2.75, 3.05) is 0 Å². The predicted octanol–water partition coefficient (Wildman–Crippen LogP) is 6.59. The highest BCUT2D eigenvalue weighted by molar-refractivity contribution is 6.30. The summed E-state index contributed by atoms with van der Waals surface area (Å²) in [5.74, 6) is 0. The Hall–Kier alpha value is -2.77. The zero-order chi connectivity index (χ0) is 16.1. The van der Waals surface area contributed by atoms with Gasteiger partial charge in [-0.1, -0.05) is 60.1 Å². The Balaban J connectivity index is 2.02. The van der Waals surface area contributed by atoms with Crippen molar-refractivity contribution in [3.63, 3.8) is 0 Å². The molecule has 0 spiro atoms. The van der Waals surface area contributed by atoms with E-state index in [-0.39, 0.29) is 0 Å². The maximum absolute atomic E-state index is 6.08. The molecule has 2 heteroatoms. The second-order valence-corrected chi connectivity index (χ2v) is 6.45. The van der Waals surface area contributed by atoms with Crippen LogP contribution in [0, 0.1) is 0 Å². The SMILES string of the molecule is Clc1ccc(-n2c3ccccc3c3c4ccccc4ccc32)cc1. The molecule has 0 radical (unpaired) electrons. The molecule has 0 amide bonds. The van der Waals surface area contributed by atoms with Crippen LogP contribution in [-0.4, -0.2) is 4.57 Å². The van der Waals surface area contributed by atoms with Gasteiger partial charge in [-0.2, -0.15) is 0 Å². The first-order chi connectivity index (χ1) is 11.8. The molecule has 4 aromatic carbocycles. The lowest BCUT2D eigenvalue weighted by molar-refractivity contribution is 1.18. The molecule has 24 heavy (non-hydrogen) atoms. The maximum Gasteiger partial charge on any atom is 0.0547 e. The number of aromatic nitrogens is 1. The molecule has 1 heterocycles. The molecule has 0 bridgehead atoms. The third-order valence-electron chi connectivity index (χ3n) is 4.65. The Labute approximate surface area is 144 Å². The van der Waals surface area contributed by atoms with Crippen LogP contribution >= 0.6 is 11.6 Å². The molecule has 114 valence electrons. The van der Waals surface area contributed by atoms with Crippen LogP contribution in [0.25, 0.3) is 38.3 Å². The standard InChI is InChI=1S/C22H14ClN/c23-16-10-12-17(13-11-16)24-20-8-4-3-7-19(20)22-18-6-2-1-5-15(18)9-14-21(22)24/h1-14H. The van der Waals surface area contributed by atoms with Gasteiger partial charge in [0.2, 0.25) is 0 Å². The Bertz CT molecular complexity index is 1200.